The maximum atomic E-state index is 9.86. The van der Waals surface area contributed by atoms with Crippen molar-refractivity contribution >= 4 is 0 Å². The summed E-state index contributed by atoms with van der Waals surface area (Å²) in [7, 11) is 0. The van der Waals surface area contributed by atoms with Crippen molar-refractivity contribution in [3.05, 3.63) is 0 Å². The fourth-order valence-electron chi connectivity index (χ4n) is 2.64. The van der Waals surface area contributed by atoms with Crippen LogP contribution in [0, 0.1) is 5.92 Å². The Morgan fingerprint density at radius 2 is 1.05 bits per heavy atom. The molecule has 0 saturated heterocycles. The van der Waals surface area contributed by atoms with Gasteiger partial charge in [0.15, 0.2) is 0 Å². The zero-order valence-electron chi connectivity index (χ0n) is 15.4. The van der Waals surface area contributed by atoms with Crippen LogP contribution >= 0.6 is 0 Å². The Morgan fingerprint density at radius 3 is 1.38 bits per heavy atom. The Kier molecular flexibility index (Phi) is 16.4. The Bertz CT molecular complexity index is 198. The highest BCUT2D eigenvalue weighted by Crippen LogP contribution is 2.22. The van der Waals surface area contributed by atoms with Crippen molar-refractivity contribution in [1.82, 2.24) is 6.15 Å². The van der Waals surface area contributed by atoms with Gasteiger partial charge in [0.05, 0.1) is 5.60 Å². The van der Waals surface area contributed by atoms with Gasteiger partial charge in [0.1, 0.15) is 0 Å². The Morgan fingerprint density at radius 1 is 0.714 bits per heavy atom. The van der Waals surface area contributed by atoms with Crippen molar-refractivity contribution in [3.63, 3.8) is 0 Å². The minimum absolute atomic E-state index is 0. The van der Waals surface area contributed by atoms with Crippen LogP contribution in [0.5, 0.6) is 0 Å². The van der Waals surface area contributed by atoms with Gasteiger partial charge in [0.25, 0.3) is 0 Å². The number of hydrogen-bond acceptors (Lipinski definition) is 2. The third kappa shape index (κ3) is 16.1. The first-order valence-corrected chi connectivity index (χ1v) is 9.20. The van der Waals surface area contributed by atoms with Gasteiger partial charge >= 0.3 is 0 Å². The van der Waals surface area contributed by atoms with Crippen LogP contribution in [0.25, 0.3) is 0 Å². The zero-order valence-corrected chi connectivity index (χ0v) is 15.4. The van der Waals surface area contributed by atoms with Gasteiger partial charge in [-0.2, -0.15) is 0 Å². The maximum absolute atomic E-state index is 9.86. The lowest BCUT2D eigenvalue weighted by Crippen LogP contribution is -2.28. The molecule has 21 heavy (non-hydrogen) atoms. The summed E-state index contributed by atoms with van der Waals surface area (Å²) in [5.74, 6) is 0.422. The first kappa shape index (κ1) is 23.2. The molecule has 0 heterocycles. The second kappa shape index (κ2) is 14.8. The fourth-order valence-corrected chi connectivity index (χ4v) is 2.64. The van der Waals surface area contributed by atoms with E-state index >= 15 is 0 Å². The largest absolute Gasteiger partial charge is 0.390 e. The second-order valence-electron chi connectivity index (χ2n) is 7.23. The smallest absolute Gasteiger partial charge is 0.0617 e. The maximum Gasteiger partial charge on any atom is 0.0617 e. The molecule has 0 spiro atoms. The van der Waals surface area contributed by atoms with Crippen LogP contribution < -0.4 is 6.15 Å². The molecule has 0 rings (SSSR count). The molecule has 4 N–H and O–H groups in total. The SMILES string of the molecule is CCCCCCCCCCCCCCC(C)C(C)(C)O.N. The van der Waals surface area contributed by atoms with Crippen molar-refractivity contribution in [1.29, 1.82) is 0 Å². The van der Waals surface area contributed by atoms with Gasteiger partial charge in [-0.05, 0) is 26.2 Å². The summed E-state index contributed by atoms with van der Waals surface area (Å²) in [5.41, 5.74) is -0.502. The molecule has 0 aliphatic heterocycles. The highest BCUT2D eigenvalue weighted by Gasteiger charge is 2.21. The van der Waals surface area contributed by atoms with Crippen molar-refractivity contribution < 1.29 is 5.11 Å². The van der Waals surface area contributed by atoms with Gasteiger partial charge in [0.2, 0.25) is 0 Å². The number of aliphatic hydroxyl groups is 1. The summed E-state index contributed by atoms with van der Waals surface area (Å²) in [6.45, 7) is 8.30. The Labute approximate surface area is 134 Å². The Balaban J connectivity index is 0. The first-order valence-electron chi connectivity index (χ1n) is 9.20. The molecule has 2 heteroatoms. The summed E-state index contributed by atoms with van der Waals surface area (Å²) in [6.07, 6.45) is 18.0. The standard InChI is InChI=1S/C19H40O.H3N/c1-5-6-7-8-9-10-11-12-13-14-15-16-17-18(2)19(3,4)20;/h18,20H,5-17H2,1-4H3;1H3. The summed E-state index contributed by atoms with van der Waals surface area (Å²) in [6, 6.07) is 0. The van der Waals surface area contributed by atoms with Gasteiger partial charge in [-0.25, -0.2) is 0 Å². The van der Waals surface area contributed by atoms with Gasteiger partial charge in [-0.15, -0.1) is 0 Å². The molecule has 1 atom stereocenters. The van der Waals surface area contributed by atoms with E-state index in [-0.39, 0.29) is 6.15 Å². The Hall–Kier alpha value is -0.0800. The average molecular weight is 302 g/mol. The predicted molar refractivity (Wildman–Crippen MR) is 96.2 cm³/mol. The van der Waals surface area contributed by atoms with Crippen LogP contribution in [0.3, 0.4) is 0 Å². The van der Waals surface area contributed by atoms with Gasteiger partial charge < -0.3 is 11.3 Å². The van der Waals surface area contributed by atoms with E-state index in [2.05, 4.69) is 13.8 Å². The number of unbranched alkanes of at least 4 members (excludes halogenated alkanes) is 11. The van der Waals surface area contributed by atoms with E-state index in [9.17, 15) is 5.11 Å². The van der Waals surface area contributed by atoms with Crippen LogP contribution in [-0.4, -0.2) is 10.7 Å². The minimum Gasteiger partial charge on any atom is -0.390 e. The average Bonchev–Trinajstić information content (AvgIpc) is 2.38. The molecule has 0 aliphatic carbocycles. The quantitative estimate of drug-likeness (QED) is 0.353. The number of hydrogen-bond donors (Lipinski definition) is 2. The van der Waals surface area contributed by atoms with E-state index in [0.29, 0.717) is 5.92 Å². The van der Waals surface area contributed by atoms with E-state index in [1.165, 1.54) is 83.5 Å². The lowest BCUT2D eigenvalue weighted by molar-refractivity contribution is 0.0203. The van der Waals surface area contributed by atoms with E-state index in [1.54, 1.807) is 0 Å². The molecule has 2 nitrogen and oxygen atoms in total. The van der Waals surface area contributed by atoms with Crippen LogP contribution in [0.1, 0.15) is 111 Å². The molecule has 0 aromatic carbocycles. The van der Waals surface area contributed by atoms with Crippen LogP contribution in [-0.2, 0) is 0 Å². The molecular weight excluding hydrogens is 258 g/mol. The van der Waals surface area contributed by atoms with Crippen LogP contribution in [0.2, 0.25) is 0 Å². The minimum atomic E-state index is -0.502. The molecule has 0 bridgehead atoms. The van der Waals surface area contributed by atoms with Crippen molar-refractivity contribution in [2.75, 3.05) is 0 Å². The summed E-state index contributed by atoms with van der Waals surface area (Å²) < 4.78 is 0. The van der Waals surface area contributed by atoms with E-state index in [4.69, 9.17) is 0 Å². The molecule has 0 amide bonds. The van der Waals surface area contributed by atoms with Gasteiger partial charge in [-0.3, -0.25) is 0 Å². The summed E-state index contributed by atoms with van der Waals surface area (Å²) in [4.78, 5) is 0. The third-order valence-corrected chi connectivity index (χ3v) is 4.70. The molecule has 0 saturated carbocycles. The van der Waals surface area contributed by atoms with E-state index in [1.807, 2.05) is 13.8 Å². The summed E-state index contributed by atoms with van der Waals surface area (Å²) in [5, 5.41) is 9.86. The highest BCUT2D eigenvalue weighted by molar-refractivity contribution is 4.73. The molecular formula is C19H43NO. The highest BCUT2D eigenvalue weighted by atomic mass is 16.3. The second-order valence-corrected chi connectivity index (χ2v) is 7.23. The molecule has 0 aromatic rings. The first-order chi connectivity index (χ1) is 9.48. The molecule has 1 unspecified atom stereocenters. The normalized spacial score (nSPS) is 13.0. The van der Waals surface area contributed by atoms with Gasteiger partial charge in [0, 0.05) is 0 Å². The van der Waals surface area contributed by atoms with Crippen molar-refractivity contribution in [2.24, 2.45) is 5.92 Å². The van der Waals surface area contributed by atoms with Crippen LogP contribution in [0.4, 0.5) is 0 Å². The topological polar surface area (TPSA) is 55.2 Å². The molecule has 0 fully saturated rings. The molecule has 0 radical (unpaired) electrons. The van der Waals surface area contributed by atoms with Gasteiger partial charge in [-0.1, -0.05) is 90.9 Å². The van der Waals surface area contributed by atoms with Crippen LogP contribution in [0.15, 0.2) is 0 Å². The molecule has 130 valence electrons. The number of rotatable bonds is 14. The third-order valence-electron chi connectivity index (χ3n) is 4.70. The lowest BCUT2D eigenvalue weighted by atomic mass is 9.88. The van der Waals surface area contributed by atoms with Crippen molar-refractivity contribution in [3.8, 4) is 0 Å². The monoisotopic (exact) mass is 301 g/mol. The van der Waals surface area contributed by atoms with E-state index < -0.39 is 5.60 Å². The zero-order chi connectivity index (χ0) is 15.3. The molecule has 0 aliphatic rings. The lowest BCUT2D eigenvalue weighted by Gasteiger charge is -2.25. The fraction of sp³-hybridized carbons (Fsp3) is 1.00. The predicted octanol–water partition coefficient (Wildman–Crippen LogP) is 6.65. The van der Waals surface area contributed by atoms with Crippen molar-refractivity contribution in [2.45, 2.75) is 117 Å². The molecule has 0 aromatic heterocycles. The van der Waals surface area contributed by atoms with E-state index in [0.717, 1.165) is 0 Å². The summed E-state index contributed by atoms with van der Waals surface area (Å²) >= 11 is 0.